The van der Waals surface area contributed by atoms with E-state index in [0.717, 1.165) is 50.0 Å². The van der Waals surface area contributed by atoms with Gasteiger partial charge in [-0.25, -0.2) is 0 Å². The summed E-state index contributed by atoms with van der Waals surface area (Å²) in [7, 11) is 0. The molecule has 3 aliphatic rings. The minimum absolute atomic E-state index is 0.281. The fourth-order valence-electron chi connectivity index (χ4n) is 4.45. The van der Waals surface area contributed by atoms with Gasteiger partial charge in [-0.05, 0) is 74.4 Å². The monoisotopic (exact) mass is 391 g/mol. The van der Waals surface area contributed by atoms with Gasteiger partial charge in [-0.3, -0.25) is 4.79 Å². The number of hydrogen-bond donors (Lipinski definition) is 2. The Morgan fingerprint density at radius 3 is 2.79 bits per heavy atom. The van der Waals surface area contributed by atoms with Gasteiger partial charge in [-0.2, -0.15) is 0 Å². The van der Waals surface area contributed by atoms with E-state index in [1.54, 1.807) is 0 Å². The van der Waals surface area contributed by atoms with Crippen LogP contribution in [0, 0.1) is 17.3 Å². The Morgan fingerprint density at radius 1 is 1.29 bits per heavy atom. The number of benzene rings is 1. The standard InChI is InChI=1S/C19H26BrN3O/c20-15-1-3-16(4-2-15)23-10-5-14(13-23)12-22-18(24)17-11-19(17)6-8-21-9-7-19/h1-4,14,17,21H,5-13H2,(H,22,24). The second-order valence-electron chi connectivity index (χ2n) is 7.69. The van der Waals surface area contributed by atoms with Gasteiger partial charge in [-0.15, -0.1) is 0 Å². The SMILES string of the molecule is O=C(NCC1CCN(c2ccc(Br)cc2)C1)C1CC12CCNCC2. The molecule has 1 spiro atoms. The molecule has 24 heavy (non-hydrogen) atoms. The van der Waals surface area contributed by atoms with Crippen LogP contribution in [0.2, 0.25) is 0 Å². The van der Waals surface area contributed by atoms with Crippen LogP contribution in [0.15, 0.2) is 28.7 Å². The first-order valence-corrected chi connectivity index (χ1v) is 9.95. The molecule has 4 nitrogen and oxygen atoms in total. The van der Waals surface area contributed by atoms with Gasteiger partial charge in [0.15, 0.2) is 0 Å². The normalized spacial score (nSPS) is 28.1. The number of rotatable bonds is 4. The summed E-state index contributed by atoms with van der Waals surface area (Å²) >= 11 is 3.49. The minimum Gasteiger partial charge on any atom is -0.371 e. The maximum Gasteiger partial charge on any atom is 0.223 e. The fraction of sp³-hybridized carbons (Fsp3) is 0.632. The summed E-state index contributed by atoms with van der Waals surface area (Å²) in [5.74, 6) is 1.16. The molecule has 2 atom stereocenters. The van der Waals surface area contributed by atoms with E-state index in [-0.39, 0.29) is 5.92 Å². The average molecular weight is 392 g/mol. The van der Waals surface area contributed by atoms with E-state index in [4.69, 9.17) is 0 Å². The van der Waals surface area contributed by atoms with E-state index in [2.05, 4.69) is 55.7 Å². The lowest BCUT2D eigenvalue weighted by atomic mass is 9.91. The second-order valence-corrected chi connectivity index (χ2v) is 8.61. The van der Waals surface area contributed by atoms with E-state index in [1.165, 1.54) is 18.5 Å². The van der Waals surface area contributed by atoms with Gasteiger partial charge < -0.3 is 15.5 Å². The molecule has 2 heterocycles. The predicted molar refractivity (Wildman–Crippen MR) is 100 cm³/mol. The molecule has 130 valence electrons. The van der Waals surface area contributed by atoms with E-state index in [0.29, 0.717) is 17.2 Å². The number of nitrogens with one attached hydrogen (secondary N) is 2. The van der Waals surface area contributed by atoms with Gasteiger partial charge in [0.25, 0.3) is 0 Å². The number of halogens is 1. The predicted octanol–water partition coefficient (Wildman–Crippen LogP) is 2.78. The van der Waals surface area contributed by atoms with Crippen LogP contribution in [0.5, 0.6) is 0 Å². The van der Waals surface area contributed by atoms with Gasteiger partial charge >= 0.3 is 0 Å². The van der Waals surface area contributed by atoms with Crippen molar-refractivity contribution >= 4 is 27.5 Å². The van der Waals surface area contributed by atoms with Crippen LogP contribution in [0.25, 0.3) is 0 Å². The lowest BCUT2D eigenvalue weighted by Gasteiger charge is -2.23. The van der Waals surface area contributed by atoms with E-state index < -0.39 is 0 Å². The molecule has 1 aromatic rings. The Labute approximate surface area is 152 Å². The van der Waals surface area contributed by atoms with E-state index >= 15 is 0 Å². The Bertz CT molecular complexity index is 597. The molecule has 0 radical (unpaired) electrons. The molecular formula is C19H26BrN3O. The number of hydrogen-bond acceptors (Lipinski definition) is 3. The Kier molecular flexibility index (Phi) is 4.56. The number of piperidine rings is 1. The zero-order chi connectivity index (χ0) is 16.6. The van der Waals surface area contributed by atoms with E-state index in [9.17, 15) is 4.79 Å². The maximum absolute atomic E-state index is 12.5. The van der Waals surface area contributed by atoms with Gasteiger partial charge in [0, 0.05) is 35.7 Å². The summed E-state index contributed by atoms with van der Waals surface area (Å²) in [6.07, 6.45) is 4.62. The molecule has 3 fully saturated rings. The van der Waals surface area contributed by atoms with Crippen molar-refractivity contribution in [3.8, 4) is 0 Å². The molecule has 2 aliphatic heterocycles. The van der Waals surface area contributed by atoms with E-state index in [1.807, 2.05) is 0 Å². The Hall–Kier alpha value is -1.07. The quantitative estimate of drug-likeness (QED) is 0.829. The van der Waals surface area contributed by atoms with Gasteiger partial charge in [0.2, 0.25) is 5.91 Å². The van der Waals surface area contributed by atoms with Crippen LogP contribution in [-0.4, -0.2) is 38.6 Å². The number of nitrogens with zero attached hydrogens (tertiary/aromatic N) is 1. The molecular weight excluding hydrogens is 366 g/mol. The summed E-state index contributed by atoms with van der Waals surface area (Å²) in [4.78, 5) is 14.9. The molecule has 1 saturated carbocycles. The Morgan fingerprint density at radius 2 is 2.04 bits per heavy atom. The van der Waals surface area contributed by atoms with Crippen LogP contribution in [0.1, 0.15) is 25.7 Å². The zero-order valence-electron chi connectivity index (χ0n) is 14.1. The van der Waals surface area contributed by atoms with Crippen LogP contribution < -0.4 is 15.5 Å². The first-order chi connectivity index (χ1) is 11.7. The lowest BCUT2D eigenvalue weighted by Crippen LogP contribution is -2.36. The van der Waals surface area contributed by atoms with Crippen LogP contribution >= 0.6 is 15.9 Å². The molecule has 1 amide bonds. The number of amides is 1. The van der Waals surface area contributed by atoms with Crippen molar-refractivity contribution in [3.63, 3.8) is 0 Å². The summed E-state index contributed by atoms with van der Waals surface area (Å²) in [5, 5.41) is 6.65. The van der Waals surface area contributed by atoms with Crippen LogP contribution in [0.4, 0.5) is 5.69 Å². The average Bonchev–Trinajstić information content (AvgIpc) is 3.07. The van der Waals surface area contributed by atoms with Crippen molar-refractivity contribution < 1.29 is 4.79 Å². The third kappa shape index (κ3) is 3.33. The second kappa shape index (κ2) is 6.68. The smallest absolute Gasteiger partial charge is 0.223 e. The molecule has 2 unspecified atom stereocenters. The highest BCUT2D eigenvalue weighted by Crippen LogP contribution is 2.58. The van der Waals surface area contributed by atoms with Crippen molar-refractivity contribution in [1.82, 2.24) is 10.6 Å². The zero-order valence-corrected chi connectivity index (χ0v) is 15.6. The minimum atomic E-state index is 0.281. The van der Waals surface area contributed by atoms with Crippen molar-refractivity contribution in [3.05, 3.63) is 28.7 Å². The molecule has 2 N–H and O–H groups in total. The summed E-state index contributed by atoms with van der Waals surface area (Å²) in [6.45, 7) is 5.11. The molecule has 2 saturated heterocycles. The van der Waals surface area contributed by atoms with Crippen molar-refractivity contribution in [2.45, 2.75) is 25.7 Å². The molecule has 0 aromatic heterocycles. The fourth-order valence-corrected chi connectivity index (χ4v) is 4.71. The summed E-state index contributed by atoms with van der Waals surface area (Å²) in [6, 6.07) is 8.51. The molecule has 1 aromatic carbocycles. The van der Waals surface area contributed by atoms with Crippen molar-refractivity contribution in [2.24, 2.45) is 17.3 Å². The molecule has 4 rings (SSSR count). The third-order valence-corrected chi connectivity index (χ3v) is 6.68. The van der Waals surface area contributed by atoms with Crippen LogP contribution in [0.3, 0.4) is 0 Å². The molecule has 1 aliphatic carbocycles. The highest BCUT2D eigenvalue weighted by atomic mass is 79.9. The lowest BCUT2D eigenvalue weighted by molar-refractivity contribution is -0.123. The van der Waals surface area contributed by atoms with Gasteiger partial charge in [0.1, 0.15) is 0 Å². The first kappa shape index (κ1) is 16.4. The highest BCUT2D eigenvalue weighted by molar-refractivity contribution is 9.10. The van der Waals surface area contributed by atoms with Gasteiger partial charge in [0.05, 0.1) is 0 Å². The largest absolute Gasteiger partial charge is 0.371 e. The third-order valence-electron chi connectivity index (χ3n) is 6.15. The first-order valence-electron chi connectivity index (χ1n) is 9.15. The summed E-state index contributed by atoms with van der Waals surface area (Å²) < 4.78 is 1.12. The highest BCUT2D eigenvalue weighted by Gasteiger charge is 2.57. The number of carbonyl (C=O) groups is 1. The number of anilines is 1. The molecule has 0 bridgehead atoms. The number of carbonyl (C=O) groups excluding carboxylic acids is 1. The Balaban J connectivity index is 1.24. The topological polar surface area (TPSA) is 44.4 Å². The maximum atomic E-state index is 12.5. The van der Waals surface area contributed by atoms with Crippen LogP contribution in [-0.2, 0) is 4.79 Å². The van der Waals surface area contributed by atoms with Crippen molar-refractivity contribution in [2.75, 3.05) is 37.6 Å². The summed E-state index contributed by atoms with van der Waals surface area (Å²) in [5.41, 5.74) is 1.62. The van der Waals surface area contributed by atoms with Gasteiger partial charge in [-0.1, -0.05) is 15.9 Å². The van der Waals surface area contributed by atoms with Crippen molar-refractivity contribution in [1.29, 1.82) is 0 Å². The molecule has 5 heteroatoms.